The Kier molecular flexibility index (Phi) is 7.33. The summed E-state index contributed by atoms with van der Waals surface area (Å²) in [5.41, 5.74) is 11.0. The first-order valence-electron chi connectivity index (χ1n) is 17.5. The molecule has 0 saturated heterocycles. The van der Waals surface area contributed by atoms with Crippen molar-refractivity contribution in [2.75, 3.05) is 9.80 Å². The molecule has 2 heteroatoms. The summed E-state index contributed by atoms with van der Waals surface area (Å²) in [6.45, 7) is 23.2. The zero-order valence-corrected chi connectivity index (χ0v) is 30.4. The van der Waals surface area contributed by atoms with Crippen molar-refractivity contribution >= 4 is 44.3 Å². The van der Waals surface area contributed by atoms with Crippen LogP contribution in [0.1, 0.15) is 91.5 Å². The summed E-state index contributed by atoms with van der Waals surface area (Å²) in [6.07, 6.45) is 0. The molecular weight excluding hydrogens is 581 g/mol. The SMILES string of the molecule is CC1(C)c2ccccc2N(C(C)(C)C)c2c1ccc1ccccc21.CC1(C)c2ccccc2N(C(C)(C)C)c2cc3ccccc3cc21. The summed E-state index contributed by atoms with van der Waals surface area (Å²) in [7, 11) is 0. The number of nitrogens with zero attached hydrogens (tertiary/aromatic N) is 2. The molecule has 0 amide bonds. The lowest BCUT2D eigenvalue weighted by atomic mass is 9.72. The Labute approximate surface area is 288 Å². The third-order valence-corrected chi connectivity index (χ3v) is 10.6. The van der Waals surface area contributed by atoms with Gasteiger partial charge < -0.3 is 9.80 Å². The summed E-state index contributed by atoms with van der Waals surface area (Å²) < 4.78 is 0. The van der Waals surface area contributed by atoms with Crippen LogP contribution >= 0.6 is 0 Å². The molecule has 6 aromatic rings. The van der Waals surface area contributed by atoms with Crippen LogP contribution < -0.4 is 9.80 Å². The lowest BCUT2D eigenvalue weighted by Crippen LogP contribution is -2.43. The number of benzene rings is 6. The molecule has 2 aliphatic rings. The van der Waals surface area contributed by atoms with E-state index in [1.54, 1.807) is 0 Å². The van der Waals surface area contributed by atoms with Gasteiger partial charge in [0.25, 0.3) is 0 Å². The topological polar surface area (TPSA) is 6.48 Å². The van der Waals surface area contributed by atoms with E-state index in [9.17, 15) is 0 Å². The van der Waals surface area contributed by atoms with Gasteiger partial charge in [-0.3, -0.25) is 0 Å². The minimum atomic E-state index is -0.00227. The Bertz CT molecular complexity index is 2140. The van der Waals surface area contributed by atoms with E-state index in [0.717, 1.165) is 0 Å². The van der Waals surface area contributed by atoms with Crippen molar-refractivity contribution in [3.63, 3.8) is 0 Å². The molecule has 0 bridgehead atoms. The van der Waals surface area contributed by atoms with Gasteiger partial charge in [0.2, 0.25) is 0 Å². The third kappa shape index (κ3) is 5.00. The van der Waals surface area contributed by atoms with E-state index in [2.05, 4.69) is 200 Å². The highest BCUT2D eigenvalue weighted by Crippen LogP contribution is 2.54. The Hall–Kier alpha value is -4.56. The molecule has 0 N–H and O–H groups in total. The molecule has 0 unspecified atom stereocenters. The Balaban J connectivity index is 0.000000152. The van der Waals surface area contributed by atoms with E-state index >= 15 is 0 Å². The molecule has 244 valence electrons. The molecule has 2 aliphatic heterocycles. The molecule has 0 aromatic heterocycles. The zero-order valence-electron chi connectivity index (χ0n) is 30.4. The maximum Gasteiger partial charge on any atom is 0.0536 e. The lowest BCUT2D eigenvalue weighted by molar-refractivity contribution is 0.530. The fraction of sp³-hybridized carbons (Fsp3) is 0.304. The van der Waals surface area contributed by atoms with Crippen LogP contribution in [-0.4, -0.2) is 11.1 Å². The van der Waals surface area contributed by atoms with Gasteiger partial charge >= 0.3 is 0 Å². The van der Waals surface area contributed by atoms with Crippen LogP contribution in [0.25, 0.3) is 21.5 Å². The largest absolute Gasteiger partial charge is 0.336 e. The fourth-order valence-electron chi connectivity index (χ4n) is 8.27. The number of anilines is 4. The first kappa shape index (κ1) is 32.0. The molecule has 2 nitrogen and oxygen atoms in total. The molecule has 0 spiro atoms. The maximum absolute atomic E-state index is 2.53. The number of hydrogen-bond acceptors (Lipinski definition) is 2. The van der Waals surface area contributed by atoms with Crippen LogP contribution in [0.2, 0.25) is 0 Å². The van der Waals surface area contributed by atoms with Crippen molar-refractivity contribution in [3.05, 3.63) is 144 Å². The average Bonchev–Trinajstić information content (AvgIpc) is 3.03. The molecule has 8 rings (SSSR count). The molecule has 0 fully saturated rings. The van der Waals surface area contributed by atoms with Crippen LogP contribution in [0.15, 0.2) is 121 Å². The first-order chi connectivity index (χ1) is 22.6. The van der Waals surface area contributed by atoms with E-state index in [4.69, 9.17) is 0 Å². The van der Waals surface area contributed by atoms with Crippen molar-refractivity contribution in [2.45, 2.75) is 91.1 Å². The molecule has 0 atom stereocenters. The van der Waals surface area contributed by atoms with Gasteiger partial charge in [0.1, 0.15) is 0 Å². The third-order valence-electron chi connectivity index (χ3n) is 10.6. The van der Waals surface area contributed by atoms with E-state index in [0.29, 0.717) is 0 Å². The molecule has 0 saturated carbocycles. The number of rotatable bonds is 0. The van der Waals surface area contributed by atoms with Crippen LogP contribution in [-0.2, 0) is 10.8 Å². The Morgan fingerprint density at radius 2 is 0.854 bits per heavy atom. The first-order valence-corrected chi connectivity index (χ1v) is 17.5. The molecule has 0 radical (unpaired) electrons. The summed E-state index contributed by atoms with van der Waals surface area (Å²) in [5, 5.41) is 5.27. The molecule has 0 aliphatic carbocycles. The van der Waals surface area contributed by atoms with Crippen LogP contribution in [0, 0.1) is 0 Å². The predicted octanol–water partition coefficient (Wildman–Crippen LogP) is 12.8. The van der Waals surface area contributed by atoms with Gasteiger partial charge in [0.15, 0.2) is 0 Å². The smallest absolute Gasteiger partial charge is 0.0536 e. The van der Waals surface area contributed by atoms with Crippen molar-refractivity contribution in [3.8, 4) is 0 Å². The normalized spacial score (nSPS) is 16.0. The van der Waals surface area contributed by atoms with E-state index < -0.39 is 0 Å². The Morgan fingerprint density at radius 1 is 0.396 bits per heavy atom. The van der Waals surface area contributed by atoms with E-state index in [-0.39, 0.29) is 21.9 Å². The number of fused-ring (bicyclic) bond motifs is 7. The summed E-state index contributed by atoms with van der Waals surface area (Å²) in [5.74, 6) is 0. The van der Waals surface area contributed by atoms with Gasteiger partial charge in [-0.25, -0.2) is 0 Å². The highest BCUT2D eigenvalue weighted by molar-refractivity contribution is 6.01. The number of para-hydroxylation sites is 2. The minimum absolute atomic E-state index is 0.00227. The highest BCUT2D eigenvalue weighted by Gasteiger charge is 2.41. The van der Waals surface area contributed by atoms with Crippen LogP contribution in [0.5, 0.6) is 0 Å². The molecule has 48 heavy (non-hydrogen) atoms. The Morgan fingerprint density at radius 3 is 1.44 bits per heavy atom. The highest BCUT2D eigenvalue weighted by atomic mass is 15.2. The lowest BCUT2D eigenvalue weighted by Gasteiger charge is -2.48. The standard InChI is InChI=1S/2C23H25N/c1-22(2,3)24-20-13-9-8-12-18(20)23(4,5)19-14-16-10-6-7-11-17(16)15-21(19)24;1-22(2,3)24-20-13-9-8-12-18(20)23(4,5)19-15-14-16-10-6-7-11-17(16)21(19)24/h2*6-15H,1-5H3. The summed E-state index contributed by atoms with van der Waals surface area (Å²) in [6, 6.07) is 44.5. The minimum Gasteiger partial charge on any atom is -0.336 e. The van der Waals surface area contributed by atoms with Gasteiger partial charge in [-0.2, -0.15) is 0 Å². The number of hydrogen-bond donors (Lipinski definition) is 0. The van der Waals surface area contributed by atoms with Crippen LogP contribution in [0.4, 0.5) is 22.7 Å². The molecule has 6 aromatic carbocycles. The van der Waals surface area contributed by atoms with Crippen LogP contribution in [0.3, 0.4) is 0 Å². The van der Waals surface area contributed by atoms with Crippen molar-refractivity contribution < 1.29 is 0 Å². The van der Waals surface area contributed by atoms with E-state index in [1.807, 2.05) is 0 Å². The molecule has 2 heterocycles. The second kappa shape index (κ2) is 11.0. The van der Waals surface area contributed by atoms with Gasteiger partial charge in [-0.15, -0.1) is 0 Å². The second-order valence-electron chi connectivity index (χ2n) is 16.7. The van der Waals surface area contributed by atoms with Gasteiger partial charge in [-0.1, -0.05) is 125 Å². The average molecular weight is 631 g/mol. The van der Waals surface area contributed by atoms with Gasteiger partial charge in [0.05, 0.1) is 5.69 Å². The van der Waals surface area contributed by atoms with Crippen molar-refractivity contribution in [1.82, 2.24) is 0 Å². The predicted molar refractivity (Wildman–Crippen MR) is 209 cm³/mol. The zero-order chi connectivity index (χ0) is 34.2. The van der Waals surface area contributed by atoms with E-state index in [1.165, 1.54) is 66.5 Å². The fourth-order valence-corrected chi connectivity index (χ4v) is 8.27. The maximum atomic E-state index is 2.53. The van der Waals surface area contributed by atoms with Gasteiger partial charge in [0, 0.05) is 44.4 Å². The summed E-state index contributed by atoms with van der Waals surface area (Å²) in [4.78, 5) is 5.04. The second-order valence-corrected chi connectivity index (χ2v) is 16.7. The van der Waals surface area contributed by atoms with Crippen molar-refractivity contribution in [2.24, 2.45) is 0 Å². The molecular formula is C46H50N2. The van der Waals surface area contributed by atoms with Gasteiger partial charge in [-0.05, 0) is 104 Å². The van der Waals surface area contributed by atoms with Crippen molar-refractivity contribution in [1.29, 1.82) is 0 Å². The monoisotopic (exact) mass is 630 g/mol. The quantitative estimate of drug-likeness (QED) is 0.165. The summed E-state index contributed by atoms with van der Waals surface area (Å²) >= 11 is 0.